The molecular formula is C32H36FN7O2. The molecule has 1 aliphatic carbocycles. The predicted molar refractivity (Wildman–Crippen MR) is 160 cm³/mol. The molecule has 3 aromatic heterocycles. The van der Waals surface area contributed by atoms with Crippen molar-refractivity contribution in [1.29, 1.82) is 0 Å². The highest BCUT2D eigenvalue weighted by Crippen LogP contribution is 2.47. The zero-order valence-electron chi connectivity index (χ0n) is 24.2. The molecule has 1 saturated heterocycles. The summed E-state index contributed by atoms with van der Waals surface area (Å²) in [7, 11) is 0. The third-order valence-corrected chi connectivity index (χ3v) is 9.21. The van der Waals surface area contributed by atoms with Gasteiger partial charge in [0.25, 0.3) is 5.91 Å². The first-order valence-corrected chi connectivity index (χ1v) is 14.9. The van der Waals surface area contributed by atoms with Crippen molar-refractivity contribution in [3.8, 4) is 11.3 Å². The van der Waals surface area contributed by atoms with Crippen LogP contribution in [0.25, 0.3) is 22.3 Å². The Morgan fingerprint density at radius 2 is 1.88 bits per heavy atom. The number of pyridine rings is 2. The van der Waals surface area contributed by atoms with E-state index in [1.165, 1.54) is 25.5 Å². The SMILES string of the molecule is CC(C)n1cnc2cc(-c3ccc4c(c3)N(C3CC(N5CCCCC5)C3)C(=O)[C@]4(C)O)nc(Nc3ccncc3F)c21. The van der Waals surface area contributed by atoms with Crippen molar-refractivity contribution in [2.75, 3.05) is 23.3 Å². The van der Waals surface area contributed by atoms with E-state index in [9.17, 15) is 14.3 Å². The van der Waals surface area contributed by atoms with Crippen LogP contribution in [-0.4, -0.2) is 60.6 Å². The molecule has 1 aromatic carbocycles. The number of hydrogen-bond acceptors (Lipinski definition) is 7. The van der Waals surface area contributed by atoms with Gasteiger partial charge in [0, 0.05) is 35.4 Å². The van der Waals surface area contributed by atoms with Crippen LogP contribution in [0.2, 0.25) is 0 Å². The van der Waals surface area contributed by atoms with Gasteiger partial charge in [-0.3, -0.25) is 9.78 Å². The van der Waals surface area contributed by atoms with Crippen LogP contribution in [0.15, 0.2) is 49.1 Å². The normalized spacial score (nSPS) is 24.3. The second-order valence-electron chi connectivity index (χ2n) is 12.3. The van der Waals surface area contributed by atoms with Crippen molar-refractivity contribution in [2.45, 2.75) is 76.6 Å². The monoisotopic (exact) mass is 569 g/mol. The average Bonchev–Trinajstić information content (AvgIpc) is 3.47. The van der Waals surface area contributed by atoms with Crippen molar-refractivity contribution in [3.05, 3.63) is 60.4 Å². The summed E-state index contributed by atoms with van der Waals surface area (Å²) in [5.41, 5.74) is 2.93. The summed E-state index contributed by atoms with van der Waals surface area (Å²) in [6.07, 6.45) is 10.1. The molecular weight excluding hydrogens is 533 g/mol. The molecule has 4 aromatic rings. The van der Waals surface area contributed by atoms with E-state index in [2.05, 4.69) is 34.0 Å². The van der Waals surface area contributed by atoms with Crippen molar-refractivity contribution < 1.29 is 14.3 Å². The number of aliphatic hydroxyl groups is 1. The number of amides is 1. The molecule has 0 bridgehead atoms. The standard InChI is InChI=1S/C32H36FN7O2/c1-19(2)39-18-35-27-16-26(37-30(29(27)39)36-25-9-10-34-17-24(25)33)20-7-8-23-28(13-20)40(31(41)32(23,3)42)22-14-21(15-22)38-11-5-4-6-12-38/h7-10,13,16-19,21-22,42H,4-6,11-12,14-15H2,1-3H3,(H,34,36,37)/t21?,22?,32-/m1/s1. The quantitative estimate of drug-likeness (QED) is 0.315. The number of rotatable bonds is 6. The van der Waals surface area contributed by atoms with Gasteiger partial charge in [-0.05, 0) is 77.7 Å². The lowest BCUT2D eigenvalue weighted by Gasteiger charge is -2.47. The number of carbonyl (C=O) groups excluding carboxylic acids is 1. The number of piperidine rings is 1. The number of likely N-dealkylation sites (tertiary alicyclic amines) is 1. The number of nitrogens with one attached hydrogen (secondary N) is 1. The largest absolute Gasteiger partial charge is 0.375 e. The van der Waals surface area contributed by atoms with Crippen LogP contribution in [0.4, 0.5) is 21.6 Å². The molecule has 42 heavy (non-hydrogen) atoms. The first-order valence-electron chi connectivity index (χ1n) is 14.9. The maximum atomic E-state index is 14.6. The topological polar surface area (TPSA) is 99.4 Å². The van der Waals surface area contributed by atoms with E-state index in [1.807, 2.05) is 33.7 Å². The van der Waals surface area contributed by atoms with E-state index >= 15 is 0 Å². The van der Waals surface area contributed by atoms with Crippen LogP contribution < -0.4 is 10.2 Å². The molecule has 1 saturated carbocycles. The minimum Gasteiger partial charge on any atom is -0.375 e. The third-order valence-electron chi connectivity index (χ3n) is 9.21. The number of anilines is 3. The fraction of sp³-hybridized carbons (Fsp3) is 0.438. The second-order valence-corrected chi connectivity index (χ2v) is 12.3. The summed E-state index contributed by atoms with van der Waals surface area (Å²) in [5.74, 6) is -0.278. The summed E-state index contributed by atoms with van der Waals surface area (Å²) >= 11 is 0. The van der Waals surface area contributed by atoms with Gasteiger partial charge in [0.15, 0.2) is 17.2 Å². The molecule has 10 heteroatoms. The molecule has 7 rings (SSSR count). The van der Waals surface area contributed by atoms with Crippen molar-refractivity contribution in [3.63, 3.8) is 0 Å². The van der Waals surface area contributed by atoms with Crippen LogP contribution in [0.1, 0.15) is 64.5 Å². The Morgan fingerprint density at radius 3 is 2.62 bits per heavy atom. The van der Waals surface area contributed by atoms with E-state index in [-0.39, 0.29) is 23.7 Å². The number of nitrogens with zero attached hydrogens (tertiary/aromatic N) is 6. The lowest BCUT2D eigenvalue weighted by molar-refractivity contribution is -0.135. The highest BCUT2D eigenvalue weighted by atomic mass is 19.1. The summed E-state index contributed by atoms with van der Waals surface area (Å²) in [4.78, 5) is 31.4. The molecule has 2 aliphatic heterocycles. The van der Waals surface area contributed by atoms with Gasteiger partial charge >= 0.3 is 0 Å². The third kappa shape index (κ3) is 4.35. The van der Waals surface area contributed by atoms with Crippen molar-refractivity contribution in [2.24, 2.45) is 0 Å². The molecule has 0 unspecified atom stereocenters. The zero-order valence-corrected chi connectivity index (χ0v) is 24.2. The van der Waals surface area contributed by atoms with Gasteiger partial charge < -0.3 is 24.8 Å². The Kier molecular flexibility index (Phi) is 6.51. The Morgan fingerprint density at radius 1 is 1.10 bits per heavy atom. The minimum atomic E-state index is -1.58. The zero-order chi connectivity index (χ0) is 29.2. The van der Waals surface area contributed by atoms with E-state index in [4.69, 9.17) is 4.98 Å². The van der Waals surface area contributed by atoms with Crippen LogP contribution >= 0.6 is 0 Å². The summed E-state index contributed by atoms with van der Waals surface area (Å²) in [6, 6.07) is 9.81. The summed E-state index contributed by atoms with van der Waals surface area (Å²) < 4.78 is 16.6. The number of hydrogen-bond donors (Lipinski definition) is 2. The van der Waals surface area contributed by atoms with Gasteiger partial charge in [-0.2, -0.15) is 0 Å². The van der Waals surface area contributed by atoms with Gasteiger partial charge in [0.1, 0.15) is 5.52 Å². The van der Waals surface area contributed by atoms with Gasteiger partial charge in [0.05, 0.1) is 35.1 Å². The fourth-order valence-corrected chi connectivity index (χ4v) is 6.77. The number of benzene rings is 1. The van der Waals surface area contributed by atoms with Crippen LogP contribution in [-0.2, 0) is 10.4 Å². The molecule has 9 nitrogen and oxygen atoms in total. The van der Waals surface area contributed by atoms with E-state index in [0.29, 0.717) is 23.1 Å². The maximum Gasteiger partial charge on any atom is 0.263 e. The van der Waals surface area contributed by atoms with Crippen LogP contribution in [0, 0.1) is 5.82 Å². The Balaban J connectivity index is 1.27. The van der Waals surface area contributed by atoms with E-state index < -0.39 is 11.4 Å². The molecule has 1 amide bonds. The first-order chi connectivity index (χ1) is 20.2. The predicted octanol–water partition coefficient (Wildman–Crippen LogP) is 5.53. The fourth-order valence-electron chi connectivity index (χ4n) is 6.77. The maximum absolute atomic E-state index is 14.6. The minimum absolute atomic E-state index is 0.0523. The van der Waals surface area contributed by atoms with Gasteiger partial charge in [0.2, 0.25) is 0 Å². The molecule has 0 radical (unpaired) electrons. The molecule has 218 valence electrons. The number of fused-ring (bicyclic) bond motifs is 2. The van der Waals surface area contributed by atoms with Crippen LogP contribution in [0.3, 0.4) is 0 Å². The highest BCUT2D eigenvalue weighted by molar-refractivity contribution is 6.08. The number of halogens is 1. The molecule has 3 aliphatic rings. The van der Waals surface area contributed by atoms with Crippen molar-refractivity contribution >= 4 is 34.1 Å². The summed E-state index contributed by atoms with van der Waals surface area (Å²) in [5, 5.41) is 14.4. The first kappa shape index (κ1) is 27.0. The lowest BCUT2D eigenvalue weighted by Crippen LogP contribution is -2.57. The van der Waals surface area contributed by atoms with Crippen molar-refractivity contribution in [1.82, 2.24) is 24.4 Å². The Labute approximate surface area is 244 Å². The van der Waals surface area contributed by atoms with Gasteiger partial charge in [-0.1, -0.05) is 18.6 Å². The van der Waals surface area contributed by atoms with E-state index in [1.54, 1.807) is 19.3 Å². The Bertz CT molecular complexity index is 1670. The molecule has 2 N–H and O–H groups in total. The Hall–Kier alpha value is -3.89. The number of carbonyl (C=O) groups is 1. The lowest BCUT2D eigenvalue weighted by atomic mass is 9.83. The average molecular weight is 570 g/mol. The van der Waals surface area contributed by atoms with E-state index in [0.717, 1.165) is 54.4 Å². The molecule has 0 spiro atoms. The second kappa shape index (κ2) is 10.1. The molecule has 1 atom stereocenters. The summed E-state index contributed by atoms with van der Waals surface area (Å²) in [6.45, 7) is 7.96. The van der Waals surface area contributed by atoms with Gasteiger partial charge in [-0.25, -0.2) is 14.4 Å². The highest BCUT2D eigenvalue weighted by Gasteiger charge is 2.51. The molecule has 5 heterocycles. The number of aromatic nitrogens is 4. The van der Waals surface area contributed by atoms with Crippen LogP contribution in [0.5, 0.6) is 0 Å². The molecule has 2 fully saturated rings. The smallest absolute Gasteiger partial charge is 0.263 e. The number of imidazole rings is 1. The van der Waals surface area contributed by atoms with Gasteiger partial charge in [-0.15, -0.1) is 0 Å².